The molecular formula is C47H55N13O4. The molecule has 64 heavy (non-hydrogen) atoms. The molecule has 2 aromatic carbocycles. The average Bonchev–Trinajstić information content (AvgIpc) is 3.97. The van der Waals surface area contributed by atoms with Crippen molar-refractivity contribution in [1.29, 1.82) is 0 Å². The van der Waals surface area contributed by atoms with Gasteiger partial charge < -0.3 is 24.6 Å². The number of H-pyrrole nitrogens is 1. The third-order valence-electron chi connectivity index (χ3n) is 12.7. The number of pyridine rings is 1. The maximum Gasteiger partial charge on any atom is 0.328 e. The van der Waals surface area contributed by atoms with E-state index < -0.39 is 5.91 Å². The third kappa shape index (κ3) is 8.89. The van der Waals surface area contributed by atoms with Gasteiger partial charge in [-0.1, -0.05) is 38.1 Å². The number of imidazole rings is 1. The minimum absolute atomic E-state index is 0.0588. The van der Waals surface area contributed by atoms with Gasteiger partial charge in [0.05, 0.1) is 17.9 Å². The van der Waals surface area contributed by atoms with Gasteiger partial charge in [-0.15, -0.1) is 0 Å². The number of piperazine rings is 1. The molecule has 3 N–H and O–H groups in total. The van der Waals surface area contributed by atoms with Crippen molar-refractivity contribution in [3.05, 3.63) is 89.5 Å². The van der Waals surface area contributed by atoms with Gasteiger partial charge in [-0.3, -0.25) is 29.7 Å². The van der Waals surface area contributed by atoms with Gasteiger partial charge in [-0.2, -0.15) is 4.98 Å². The third-order valence-corrected chi connectivity index (χ3v) is 12.7. The number of aromatic nitrogens is 7. The summed E-state index contributed by atoms with van der Waals surface area (Å²) in [6.45, 7) is 19.3. The van der Waals surface area contributed by atoms with Crippen LogP contribution in [0.3, 0.4) is 0 Å². The number of carbonyl (C=O) groups is 3. The van der Waals surface area contributed by atoms with Crippen LogP contribution in [0, 0.1) is 19.8 Å². The zero-order valence-electron chi connectivity index (χ0n) is 37.3. The fourth-order valence-electron chi connectivity index (χ4n) is 9.00. The second-order valence-electron chi connectivity index (χ2n) is 18.3. The lowest BCUT2D eigenvalue weighted by Gasteiger charge is -2.40. The lowest BCUT2D eigenvalue weighted by molar-refractivity contribution is -0.120. The number of rotatable bonds is 10. The van der Waals surface area contributed by atoms with E-state index in [1.165, 1.54) is 12.0 Å². The summed E-state index contributed by atoms with van der Waals surface area (Å²) in [5.41, 5.74) is 9.36. The zero-order valence-corrected chi connectivity index (χ0v) is 37.3. The first-order valence-corrected chi connectivity index (χ1v) is 22.1. The number of urea groups is 1. The molecule has 4 aromatic heterocycles. The van der Waals surface area contributed by atoms with Crippen LogP contribution in [-0.4, -0.2) is 110 Å². The Kier molecular flexibility index (Phi) is 11.6. The number of aromatic amines is 1. The van der Waals surface area contributed by atoms with Crippen molar-refractivity contribution in [1.82, 2.24) is 50.6 Å². The number of benzene rings is 2. The summed E-state index contributed by atoms with van der Waals surface area (Å²) in [4.78, 5) is 72.6. The smallest absolute Gasteiger partial charge is 0.328 e. The average molecular weight is 866 g/mol. The quantitative estimate of drug-likeness (QED) is 0.138. The van der Waals surface area contributed by atoms with E-state index in [9.17, 15) is 14.4 Å². The molecule has 3 aliphatic heterocycles. The number of hydrogen-bond donors (Lipinski definition) is 3. The Balaban J connectivity index is 0.771. The molecule has 0 aliphatic carbocycles. The van der Waals surface area contributed by atoms with Crippen LogP contribution >= 0.6 is 0 Å². The molecular weight excluding hydrogens is 811 g/mol. The van der Waals surface area contributed by atoms with Gasteiger partial charge in [-0.25, -0.2) is 19.7 Å². The van der Waals surface area contributed by atoms with Crippen LogP contribution in [0.5, 0.6) is 0 Å². The van der Waals surface area contributed by atoms with Crippen molar-refractivity contribution in [2.75, 3.05) is 67.1 Å². The van der Waals surface area contributed by atoms with Crippen LogP contribution in [-0.2, 0) is 10.2 Å². The van der Waals surface area contributed by atoms with Crippen molar-refractivity contribution < 1.29 is 18.9 Å². The Morgan fingerprint density at radius 3 is 2.33 bits per heavy atom. The number of nitrogens with one attached hydrogen (secondary N) is 3. The second-order valence-corrected chi connectivity index (χ2v) is 18.3. The van der Waals surface area contributed by atoms with Crippen LogP contribution in [0.4, 0.5) is 21.9 Å². The van der Waals surface area contributed by atoms with Gasteiger partial charge in [0.2, 0.25) is 5.91 Å². The highest BCUT2D eigenvalue weighted by molar-refractivity contribution is 6.06. The molecule has 17 nitrogen and oxygen atoms in total. The number of nitrogens with zero attached hydrogens (tertiary/aromatic N) is 10. The Bertz CT molecular complexity index is 2690. The summed E-state index contributed by atoms with van der Waals surface area (Å²) < 4.78 is 5.24. The number of amides is 4. The monoisotopic (exact) mass is 865 g/mol. The van der Waals surface area contributed by atoms with Crippen LogP contribution in [0.15, 0.2) is 65.6 Å². The molecule has 6 aromatic rings. The van der Waals surface area contributed by atoms with E-state index in [1.807, 2.05) is 78.1 Å². The predicted octanol–water partition coefficient (Wildman–Crippen LogP) is 6.36. The molecule has 0 bridgehead atoms. The summed E-state index contributed by atoms with van der Waals surface area (Å²) in [6, 6.07) is 15.8. The standard InChI is InChI=1S/C47H55N13O4/c1-28-23-32(7-10-35(28)30(3)51-43(62)44-55-45(56-64-44)47(4,5)6)39-40-42(50-27-49-39)54-41(53-40)36-11-8-34(25-48-36)59-21-19-57(20-22-59)26-31-13-16-58(17-14-31)33-9-12-37(29(2)24-33)60-18-15-38(61)52-46(60)63/h7-12,23-25,27,30-31H,13-22,26H2,1-6H3,(H,51,62)(H,52,61,63)(H,49,50,53,54)/t30-/m1/s1. The fraction of sp³-hybridized carbons (Fsp3) is 0.426. The molecule has 3 fully saturated rings. The molecule has 0 saturated carbocycles. The van der Waals surface area contributed by atoms with Crippen molar-refractivity contribution >= 4 is 46.1 Å². The number of fused-ring (bicyclic) bond motifs is 1. The van der Waals surface area contributed by atoms with Crippen LogP contribution < -0.4 is 25.3 Å². The lowest BCUT2D eigenvalue weighted by atomic mass is 9.95. The van der Waals surface area contributed by atoms with Gasteiger partial charge in [0.15, 0.2) is 17.3 Å². The Morgan fingerprint density at radius 2 is 1.64 bits per heavy atom. The number of anilines is 3. The van der Waals surface area contributed by atoms with E-state index in [2.05, 4.69) is 68.6 Å². The predicted molar refractivity (Wildman–Crippen MR) is 244 cm³/mol. The molecule has 9 rings (SSSR count). The maximum absolute atomic E-state index is 12.9. The van der Waals surface area contributed by atoms with Gasteiger partial charge in [0.1, 0.15) is 23.2 Å². The van der Waals surface area contributed by atoms with Crippen molar-refractivity contribution in [3.8, 4) is 22.8 Å². The summed E-state index contributed by atoms with van der Waals surface area (Å²) >= 11 is 0. The highest BCUT2D eigenvalue weighted by atomic mass is 16.5. The molecule has 3 saturated heterocycles. The first-order chi connectivity index (χ1) is 30.8. The number of imide groups is 1. The number of piperidine rings is 1. The van der Waals surface area contributed by atoms with E-state index >= 15 is 0 Å². The van der Waals surface area contributed by atoms with E-state index in [1.54, 1.807) is 4.90 Å². The molecule has 4 amide bonds. The molecule has 17 heteroatoms. The van der Waals surface area contributed by atoms with Crippen LogP contribution in [0.25, 0.3) is 33.9 Å². The lowest BCUT2D eigenvalue weighted by Crippen LogP contribution is -2.49. The molecule has 0 radical (unpaired) electrons. The zero-order chi connectivity index (χ0) is 44.7. The Hall–Kier alpha value is -6.75. The van der Waals surface area contributed by atoms with E-state index in [-0.39, 0.29) is 29.3 Å². The van der Waals surface area contributed by atoms with Gasteiger partial charge in [-0.05, 0) is 92.6 Å². The van der Waals surface area contributed by atoms with Crippen molar-refractivity contribution in [3.63, 3.8) is 0 Å². The molecule has 3 aliphatic rings. The minimum Gasteiger partial charge on any atom is -0.372 e. The Labute approximate surface area is 372 Å². The summed E-state index contributed by atoms with van der Waals surface area (Å²) in [6.07, 6.45) is 6.08. The van der Waals surface area contributed by atoms with Crippen molar-refractivity contribution in [2.24, 2.45) is 5.92 Å². The maximum atomic E-state index is 12.9. The summed E-state index contributed by atoms with van der Waals surface area (Å²) in [5, 5.41) is 9.37. The first-order valence-electron chi connectivity index (χ1n) is 22.1. The van der Waals surface area contributed by atoms with Gasteiger partial charge in [0, 0.05) is 81.1 Å². The van der Waals surface area contributed by atoms with Crippen LogP contribution in [0.1, 0.15) is 86.2 Å². The number of hydrogen-bond acceptors (Lipinski definition) is 13. The van der Waals surface area contributed by atoms with E-state index in [0.29, 0.717) is 47.4 Å². The molecule has 1 atom stereocenters. The first kappa shape index (κ1) is 42.5. The normalized spacial score (nSPS) is 17.2. The number of aryl methyl sites for hydroxylation is 2. The van der Waals surface area contributed by atoms with Gasteiger partial charge >= 0.3 is 17.8 Å². The van der Waals surface area contributed by atoms with Crippen LogP contribution in [0.2, 0.25) is 0 Å². The van der Waals surface area contributed by atoms with Crippen molar-refractivity contribution in [2.45, 2.75) is 72.3 Å². The summed E-state index contributed by atoms with van der Waals surface area (Å²) in [5.74, 6) is 1.06. The number of carbonyl (C=O) groups excluding carboxylic acids is 3. The summed E-state index contributed by atoms with van der Waals surface area (Å²) in [7, 11) is 0. The topological polar surface area (TPSA) is 194 Å². The van der Waals surface area contributed by atoms with E-state index in [4.69, 9.17) is 14.5 Å². The minimum atomic E-state index is -0.422. The SMILES string of the molecule is Cc1cc(-c2ncnc3[nH]c(-c4ccc(N5CCN(CC6CCN(c7ccc(N8CCC(=O)NC8=O)c(C)c7)CC6)CC5)cn4)nc23)ccc1[C@@H](C)NC(=O)c1nc(C(C)(C)C)no1. The van der Waals surface area contributed by atoms with E-state index in [0.717, 1.165) is 98.0 Å². The fourth-order valence-corrected chi connectivity index (χ4v) is 9.00. The molecule has 332 valence electrons. The second kappa shape index (κ2) is 17.4. The molecule has 0 unspecified atom stereocenters. The highest BCUT2D eigenvalue weighted by Crippen LogP contribution is 2.32. The largest absolute Gasteiger partial charge is 0.372 e. The molecule has 0 spiro atoms. The highest BCUT2D eigenvalue weighted by Gasteiger charge is 2.29. The molecule has 7 heterocycles. The van der Waals surface area contributed by atoms with Gasteiger partial charge in [0.25, 0.3) is 0 Å². The Morgan fingerprint density at radius 1 is 0.875 bits per heavy atom.